The molecule has 0 aliphatic carbocycles. The van der Waals surface area contributed by atoms with Gasteiger partial charge in [-0.2, -0.15) is 0 Å². The highest BCUT2D eigenvalue weighted by molar-refractivity contribution is 5.59. The van der Waals surface area contributed by atoms with Crippen molar-refractivity contribution < 1.29 is 4.74 Å². The number of hydrogen-bond acceptors (Lipinski definition) is 3. The van der Waals surface area contributed by atoms with E-state index in [9.17, 15) is 0 Å². The first-order valence-corrected chi connectivity index (χ1v) is 7.93. The summed E-state index contributed by atoms with van der Waals surface area (Å²) in [5.74, 6) is 1.65. The van der Waals surface area contributed by atoms with E-state index in [1.807, 2.05) is 0 Å². The van der Waals surface area contributed by atoms with Gasteiger partial charge in [0.25, 0.3) is 0 Å². The van der Waals surface area contributed by atoms with Crippen molar-refractivity contribution in [2.45, 2.75) is 39.7 Å². The molecular weight excluding hydrogens is 248 g/mol. The van der Waals surface area contributed by atoms with Crippen LogP contribution in [-0.2, 0) is 0 Å². The van der Waals surface area contributed by atoms with Crippen LogP contribution in [-0.4, -0.2) is 32.3 Å². The average Bonchev–Trinajstić information content (AvgIpc) is 2.69. The van der Waals surface area contributed by atoms with Crippen molar-refractivity contribution in [1.82, 2.24) is 5.32 Å². The molecule has 0 fully saturated rings. The lowest BCUT2D eigenvalue weighted by molar-refractivity contribution is 0.321. The van der Waals surface area contributed by atoms with E-state index in [0.29, 0.717) is 12.0 Å². The molecule has 1 aromatic rings. The summed E-state index contributed by atoms with van der Waals surface area (Å²) in [6, 6.07) is 8.94. The normalized spacial score (nSPS) is 17.9. The molecule has 0 radical (unpaired) electrons. The van der Waals surface area contributed by atoms with E-state index in [0.717, 1.165) is 38.4 Å². The van der Waals surface area contributed by atoms with Crippen LogP contribution in [0.3, 0.4) is 0 Å². The maximum absolute atomic E-state index is 5.85. The summed E-state index contributed by atoms with van der Waals surface area (Å²) in [5.41, 5.74) is 1.25. The lowest BCUT2D eigenvalue weighted by atomic mass is 10.0. The highest BCUT2D eigenvalue weighted by atomic mass is 16.5. The number of para-hydroxylation sites is 2. The van der Waals surface area contributed by atoms with Crippen molar-refractivity contribution >= 4 is 5.69 Å². The molecule has 0 spiro atoms. The van der Waals surface area contributed by atoms with E-state index in [1.165, 1.54) is 12.1 Å². The number of benzene rings is 1. The Morgan fingerprint density at radius 2 is 2.10 bits per heavy atom. The van der Waals surface area contributed by atoms with Gasteiger partial charge >= 0.3 is 0 Å². The fourth-order valence-corrected chi connectivity index (χ4v) is 2.76. The van der Waals surface area contributed by atoms with Gasteiger partial charge in [-0.3, -0.25) is 0 Å². The van der Waals surface area contributed by atoms with Crippen LogP contribution in [0.2, 0.25) is 0 Å². The van der Waals surface area contributed by atoms with E-state index < -0.39 is 0 Å². The minimum atomic E-state index is 0.516. The molecule has 3 nitrogen and oxygen atoms in total. The third-order valence-electron chi connectivity index (χ3n) is 4.18. The van der Waals surface area contributed by atoms with Gasteiger partial charge in [0.15, 0.2) is 0 Å². The lowest BCUT2D eigenvalue weighted by Gasteiger charge is -2.34. The van der Waals surface area contributed by atoms with Crippen LogP contribution < -0.4 is 15.0 Å². The van der Waals surface area contributed by atoms with Crippen LogP contribution in [0.25, 0.3) is 0 Å². The molecule has 0 saturated heterocycles. The Balaban J connectivity index is 2.06. The number of nitrogens with one attached hydrogen (secondary N) is 1. The summed E-state index contributed by atoms with van der Waals surface area (Å²) < 4.78 is 5.85. The molecule has 3 heteroatoms. The Morgan fingerprint density at radius 1 is 1.30 bits per heavy atom. The molecular formula is C17H28N2O. The van der Waals surface area contributed by atoms with Crippen LogP contribution in [0.15, 0.2) is 24.3 Å². The molecule has 1 N–H and O–H groups in total. The van der Waals surface area contributed by atoms with E-state index >= 15 is 0 Å². The van der Waals surface area contributed by atoms with Gasteiger partial charge in [-0.05, 0) is 50.9 Å². The van der Waals surface area contributed by atoms with Gasteiger partial charge in [0.05, 0.1) is 12.3 Å². The Kier molecular flexibility index (Phi) is 5.72. The minimum absolute atomic E-state index is 0.516. The Labute approximate surface area is 123 Å². The molecule has 0 amide bonds. The summed E-state index contributed by atoms with van der Waals surface area (Å²) in [6.45, 7) is 11.0. The molecule has 2 unspecified atom stereocenters. The van der Waals surface area contributed by atoms with Crippen molar-refractivity contribution in [1.29, 1.82) is 0 Å². The quantitative estimate of drug-likeness (QED) is 0.807. The zero-order valence-electron chi connectivity index (χ0n) is 13.1. The smallest absolute Gasteiger partial charge is 0.142 e. The van der Waals surface area contributed by atoms with Gasteiger partial charge in [0.2, 0.25) is 0 Å². The molecule has 1 aliphatic heterocycles. The fourth-order valence-electron chi connectivity index (χ4n) is 2.76. The maximum atomic E-state index is 5.85. The minimum Gasteiger partial charge on any atom is -0.491 e. The Hall–Kier alpha value is -1.22. The number of hydrogen-bond donors (Lipinski definition) is 1. The van der Waals surface area contributed by atoms with E-state index in [1.54, 1.807) is 0 Å². The first-order chi connectivity index (χ1) is 9.74. The topological polar surface area (TPSA) is 24.5 Å². The molecule has 20 heavy (non-hydrogen) atoms. The zero-order valence-corrected chi connectivity index (χ0v) is 13.1. The second kappa shape index (κ2) is 7.53. The summed E-state index contributed by atoms with van der Waals surface area (Å²) in [6.07, 6.45) is 2.29. The molecule has 0 saturated carbocycles. The molecule has 2 atom stereocenters. The van der Waals surface area contributed by atoms with Crippen LogP contribution in [0.1, 0.15) is 33.6 Å². The summed E-state index contributed by atoms with van der Waals surface area (Å²) in [5, 5.41) is 3.54. The van der Waals surface area contributed by atoms with Crippen molar-refractivity contribution in [3.63, 3.8) is 0 Å². The fraction of sp³-hybridized carbons (Fsp3) is 0.647. The van der Waals surface area contributed by atoms with E-state index in [4.69, 9.17) is 4.74 Å². The standard InChI is InChI=1S/C17H28N2O/c1-4-10-18-13-14(2)15(3)19-11-7-12-20-17-9-6-5-8-16(17)19/h5-6,8-9,14-15,18H,4,7,10-13H2,1-3H3. The number of fused-ring (bicyclic) bond motifs is 1. The summed E-state index contributed by atoms with van der Waals surface area (Å²) in [7, 11) is 0. The van der Waals surface area contributed by atoms with Crippen molar-refractivity contribution in [2.24, 2.45) is 5.92 Å². The molecule has 1 aromatic carbocycles. The molecule has 2 rings (SSSR count). The number of anilines is 1. The van der Waals surface area contributed by atoms with E-state index in [2.05, 4.69) is 55.3 Å². The van der Waals surface area contributed by atoms with Crippen LogP contribution in [0.5, 0.6) is 5.75 Å². The number of rotatable bonds is 6. The Bertz CT molecular complexity index is 408. The highest BCUT2D eigenvalue weighted by Crippen LogP contribution is 2.33. The second-order valence-electron chi connectivity index (χ2n) is 5.79. The molecule has 0 aromatic heterocycles. The molecule has 1 aliphatic rings. The number of ether oxygens (including phenoxy) is 1. The van der Waals surface area contributed by atoms with Gasteiger partial charge in [-0.25, -0.2) is 0 Å². The van der Waals surface area contributed by atoms with Gasteiger partial charge < -0.3 is 15.0 Å². The largest absolute Gasteiger partial charge is 0.491 e. The first kappa shape index (κ1) is 15.2. The third-order valence-corrected chi connectivity index (χ3v) is 4.18. The summed E-state index contributed by atoms with van der Waals surface area (Å²) in [4.78, 5) is 2.51. The molecule has 112 valence electrons. The van der Waals surface area contributed by atoms with Crippen molar-refractivity contribution in [3.05, 3.63) is 24.3 Å². The average molecular weight is 276 g/mol. The number of nitrogens with zero attached hydrogens (tertiary/aromatic N) is 1. The van der Waals surface area contributed by atoms with Gasteiger partial charge in [0.1, 0.15) is 5.75 Å². The van der Waals surface area contributed by atoms with Gasteiger partial charge in [-0.1, -0.05) is 26.0 Å². The SMILES string of the molecule is CCCNCC(C)C(C)N1CCCOc2ccccc21. The van der Waals surface area contributed by atoms with Crippen LogP contribution in [0.4, 0.5) is 5.69 Å². The van der Waals surface area contributed by atoms with Gasteiger partial charge in [0, 0.05) is 12.6 Å². The molecule has 1 heterocycles. The van der Waals surface area contributed by atoms with Gasteiger partial charge in [-0.15, -0.1) is 0 Å². The third kappa shape index (κ3) is 3.66. The predicted octanol–water partition coefficient (Wildman–Crippen LogP) is 3.30. The van der Waals surface area contributed by atoms with Crippen LogP contribution >= 0.6 is 0 Å². The van der Waals surface area contributed by atoms with E-state index in [-0.39, 0.29) is 0 Å². The zero-order chi connectivity index (χ0) is 14.4. The predicted molar refractivity (Wildman–Crippen MR) is 85.7 cm³/mol. The summed E-state index contributed by atoms with van der Waals surface area (Å²) >= 11 is 0. The maximum Gasteiger partial charge on any atom is 0.142 e. The monoisotopic (exact) mass is 276 g/mol. The van der Waals surface area contributed by atoms with Crippen LogP contribution in [0, 0.1) is 5.92 Å². The second-order valence-corrected chi connectivity index (χ2v) is 5.79. The first-order valence-electron chi connectivity index (χ1n) is 7.93. The highest BCUT2D eigenvalue weighted by Gasteiger charge is 2.24. The molecule has 0 bridgehead atoms. The van der Waals surface area contributed by atoms with Crippen molar-refractivity contribution in [3.8, 4) is 5.75 Å². The Morgan fingerprint density at radius 3 is 2.90 bits per heavy atom. The van der Waals surface area contributed by atoms with Crippen molar-refractivity contribution in [2.75, 3.05) is 31.1 Å². The lowest BCUT2D eigenvalue weighted by Crippen LogP contribution is -2.41.